The van der Waals surface area contributed by atoms with Crippen LogP contribution >= 0.6 is 0 Å². The minimum Gasteiger partial charge on any atom is -0.394 e. The molecule has 3 saturated heterocycles. The maximum absolute atomic E-state index is 10.4. The number of nitrogens with one attached hydrogen (secondary N) is 1. The van der Waals surface area contributed by atoms with E-state index in [2.05, 4.69) is 40.7 Å². The molecule has 0 bridgehead atoms. The number of para-hydroxylation sites is 1. The standard InChI is InChI=1S/C26H34N2O7/c1-2-14-17-9-19-21-16(15-5-3-4-6-18(15)27-21)7-8-28(19)10-13(17)12-33-25(14)35-26-24(32)23(31)22(30)20(11-29)34-26/h2-6,13-14,17,19-20,22-27,29-32H,1,7-12H2/t13-,14+,17-,19-,20-,22-,23+,24-,25+,26+/m1/s1. The van der Waals surface area contributed by atoms with E-state index in [4.69, 9.17) is 14.2 Å². The van der Waals surface area contributed by atoms with Crippen LogP contribution in [0.4, 0.5) is 0 Å². The molecule has 1 aromatic carbocycles. The molecule has 5 heterocycles. The highest BCUT2D eigenvalue weighted by Crippen LogP contribution is 2.48. The number of aromatic amines is 1. The first-order chi connectivity index (χ1) is 17.0. The minimum absolute atomic E-state index is 0.141. The summed E-state index contributed by atoms with van der Waals surface area (Å²) >= 11 is 0. The number of aliphatic hydroxyl groups is 4. The third kappa shape index (κ3) is 3.86. The molecular formula is C26H34N2O7. The first kappa shape index (κ1) is 23.6. The zero-order chi connectivity index (χ0) is 24.3. The molecule has 6 rings (SSSR count). The van der Waals surface area contributed by atoms with Crippen molar-refractivity contribution in [1.29, 1.82) is 0 Å². The number of hydrogen-bond donors (Lipinski definition) is 5. The number of fused-ring (bicyclic) bond motifs is 6. The highest BCUT2D eigenvalue weighted by atomic mass is 16.8. The first-order valence-electron chi connectivity index (χ1n) is 12.5. The van der Waals surface area contributed by atoms with Gasteiger partial charge in [0, 0.05) is 35.6 Å². The number of ether oxygens (including phenoxy) is 3. The predicted molar refractivity (Wildman–Crippen MR) is 126 cm³/mol. The zero-order valence-electron chi connectivity index (χ0n) is 19.6. The molecule has 10 atom stereocenters. The molecule has 4 aliphatic rings. The molecule has 5 N–H and O–H groups in total. The van der Waals surface area contributed by atoms with Crippen LogP contribution in [-0.4, -0.2) is 93.6 Å². The maximum Gasteiger partial charge on any atom is 0.189 e. The van der Waals surface area contributed by atoms with Crippen molar-refractivity contribution in [3.63, 3.8) is 0 Å². The maximum atomic E-state index is 10.4. The van der Waals surface area contributed by atoms with Gasteiger partial charge in [-0.2, -0.15) is 0 Å². The highest BCUT2D eigenvalue weighted by molar-refractivity contribution is 5.85. The van der Waals surface area contributed by atoms with Gasteiger partial charge in [-0.1, -0.05) is 24.3 Å². The molecule has 9 nitrogen and oxygen atoms in total. The molecule has 190 valence electrons. The molecular weight excluding hydrogens is 452 g/mol. The number of piperidine rings is 1. The van der Waals surface area contributed by atoms with Gasteiger partial charge in [0.05, 0.1) is 19.3 Å². The molecule has 35 heavy (non-hydrogen) atoms. The Morgan fingerprint density at radius 3 is 2.77 bits per heavy atom. The number of hydrogen-bond acceptors (Lipinski definition) is 8. The second-order valence-electron chi connectivity index (χ2n) is 10.3. The lowest BCUT2D eigenvalue weighted by atomic mass is 9.71. The van der Waals surface area contributed by atoms with Crippen molar-refractivity contribution >= 4 is 10.9 Å². The Kier molecular flexibility index (Phi) is 6.22. The fourth-order valence-electron chi connectivity index (χ4n) is 6.65. The number of aliphatic hydroxyl groups excluding tert-OH is 4. The van der Waals surface area contributed by atoms with Gasteiger partial charge in [0.2, 0.25) is 0 Å². The van der Waals surface area contributed by atoms with Crippen LogP contribution in [0.3, 0.4) is 0 Å². The predicted octanol–water partition coefficient (Wildman–Crippen LogP) is 0.678. The van der Waals surface area contributed by atoms with Crippen molar-refractivity contribution in [1.82, 2.24) is 9.88 Å². The van der Waals surface area contributed by atoms with Crippen molar-refractivity contribution in [3.05, 3.63) is 48.2 Å². The molecule has 0 unspecified atom stereocenters. The van der Waals surface area contributed by atoms with Crippen molar-refractivity contribution < 1.29 is 34.6 Å². The summed E-state index contributed by atoms with van der Waals surface area (Å²) in [6.45, 7) is 6.03. The van der Waals surface area contributed by atoms with E-state index < -0.39 is 43.6 Å². The molecule has 0 aliphatic carbocycles. The number of H-pyrrole nitrogens is 1. The Morgan fingerprint density at radius 1 is 1.14 bits per heavy atom. The summed E-state index contributed by atoms with van der Waals surface area (Å²) in [6, 6.07) is 8.76. The summed E-state index contributed by atoms with van der Waals surface area (Å²) in [4.78, 5) is 6.25. The Hall–Kier alpha value is -1.82. The number of rotatable bonds is 4. The van der Waals surface area contributed by atoms with Crippen LogP contribution in [0.25, 0.3) is 10.9 Å². The van der Waals surface area contributed by atoms with E-state index in [1.807, 2.05) is 6.08 Å². The van der Waals surface area contributed by atoms with Gasteiger partial charge in [-0.15, -0.1) is 6.58 Å². The number of nitrogens with zero attached hydrogens (tertiary/aromatic N) is 1. The summed E-state index contributed by atoms with van der Waals surface area (Å²) in [6.07, 6.45) is -3.54. The third-order valence-corrected chi connectivity index (χ3v) is 8.51. The lowest BCUT2D eigenvalue weighted by Crippen LogP contribution is -2.61. The molecule has 1 aromatic heterocycles. The van der Waals surface area contributed by atoms with Gasteiger partial charge in [0.15, 0.2) is 12.6 Å². The summed E-state index contributed by atoms with van der Waals surface area (Å²) in [5.41, 5.74) is 3.89. The Morgan fingerprint density at radius 2 is 1.97 bits per heavy atom. The van der Waals surface area contributed by atoms with Gasteiger partial charge in [0.1, 0.15) is 24.4 Å². The zero-order valence-corrected chi connectivity index (χ0v) is 19.6. The molecule has 0 amide bonds. The number of benzene rings is 1. The van der Waals surface area contributed by atoms with E-state index in [9.17, 15) is 20.4 Å². The van der Waals surface area contributed by atoms with Crippen molar-refractivity contribution in [2.75, 3.05) is 26.3 Å². The van der Waals surface area contributed by atoms with E-state index in [0.717, 1.165) is 25.9 Å². The van der Waals surface area contributed by atoms with Crippen LogP contribution in [-0.2, 0) is 20.6 Å². The van der Waals surface area contributed by atoms with Gasteiger partial charge >= 0.3 is 0 Å². The fourth-order valence-corrected chi connectivity index (χ4v) is 6.65. The average molecular weight is 487 g/mol. The molecule has 0 radical (unpaired) electrons. The minimum atomic E-state index is -1.49. The smallest absolute Gasteiger partial charge is 0.189 e. The average Bonchev–Trinajstić information content (AvgIpc) is 3.27. The topological polar surface area (TPSA) is 128 Å². The van der Waals surface area contributed by atoms with Crippen LogP contribution in [0.5, 0.6) is 0 Å². The quantitative estimate of drug-likeness (QED) is 0.399. The Labute approximate surface area is 203 Å². The summed E-state index contributed by atoms with van der Waals surface area (Å²) in [5, 5.41) is 41.5. The fraction of sp³-hybridized carbons (Fsp3) is 0.615. The van der Waals surface area contributed by atoms with Crippen molar-refractivity contribution in [3.8, 4) is 0 Å². The summed E-state index contributed by atoms with van der Waals surface area (Å²) < 4.78 is 17.7. The SMILES string of the molecule is C=C[C@@H]1[C@H](O[C@@H]2O[C@H](CO)[C@@H](O)[C@H](O)[C@H]2O)OC[C@H]2CN3CCc4c([nH]c5ccccc45)[C@H]3C[C@H]21. The summed E-state index contributed by atoms with van der Waals surface area (Å²) in [7, 11) is 0. The van der Waals surface area contributed by atoms with Gasteiger partial charge in [0.25, 0.3) is 0 Å². The molecule has 3 fully saturated rings. The van der Waals surface area contributed by atoms with Crippen LogP contribution in [0.1, 0.15) is 23.7 Å². The lowest BCUT2D eigenvalue weighted by Gasteiger charge is -2.52. The van der Waals surface area contributed by atoms with Crippen molar-refractivity contribution in [2.45, 2.75) is 55.9 Å². The van der Waals surface area contributed by atoms with Crippen molar-refractivity contribution in [2.24, 2.45) is 17.8 Å². The van der Waals surface area contributed by atoms with Gasteiger partial charge in [-0.25, -0.2) is 0 Å². The van der Waals surface area contributed by atoms with Crippen LogP contribution < -0.4 is 0 Å². The number of aromatic nitrogens is 1. The first-order valence-corrected chi connectivity index (χ1v) is 12.5. The van der Waals surface area contributed by atoms with Crippen LogP contribution in [0, 0.1) is 17.8 Å². The summed E-state index contributed by atoms with van der Waals surface area (Å²) in [5.74, 6) is 0.447. The Balaban J connectivity index is 1.23. The van der Waals surface area contributed by atoms with Gasteiger partial charge in [-0.3, -0.25) is 4.90 Å². The van der Waals surface area contributed by atoms with Crippen LogP contribution in [0.15, 0.2) is 36.9 Å². The monoisotopic (exact) mass is 486 g/mol. The van der Waals surface area contributed by atoms with E-state index >= 15 is 0 Å². The molecule has 0 spiro atoms. The highest BCUT2D eigenvalue weighted by Gasteiger charge is 2.50. The Bertz CT molecular complexity index is 1070. The molecule has 4 aliphatic heterocycles. The second-order valence-corrected chi connectivity index (χ2v) is 10.3. The van der Waals surface area contributed by atoms with Crippen LogP contribution in [0.2, 0.25) is 0 Å². The largest absolute Gasteiger partial charge is 0.394 e. The molecule has 0 saturated carbocycles. The molecule has 9 heteroatoms. The second kappa shape index (κ2) is 9.24. The normalized spacial score (nSPS) is 41.7. The lowest BCUT2D eigenvalue weighted by molar-refractivity contribution is -0.353. The van der Waals surface area contributed by atoms with Gasteiger partial charge < -0.3 is 39.6 Å². The van der Waals surface area contributed by atoms with Gasteiger partial charge in [-0.05, 0) is 36.3 Å². The van der Waals surface area contributed by atoms with E-state index in [1.54, 1.807) is 0 Å². The van der Waals surface area contributed by atoms with E-state index in [-0.39, 0.29) is 17.9 Å². The van der Waals surface area contributed by atoms with E-state index in [0.29, 0.717) is 12.5 Å². The third-order valence-electron chi connectivity index (χ3n) is 8.51. The van der Waals surface area contributed by atoms with E-state index in [1.165, 1.54) is 22.2 Å². The molecule has 2 aromatic rings.